The summed E-state index contributed by atoms with van der Waals surface area (Å²) in [5.74, 6) is -0.602. The lowest BCUT2D eigenvalue weighted by Crippen LogP contribution is -2.54. The van der Waals surface area contributed by atoms with Crippen LogP contribution in [-0.4, -0.2) is 24.5 Å². The molecule has 0 atom stereocenters. The Balaban J connectivity index is 1.69. The fourth-order valence-electron chi connectivity index (χ4n) is 3.71. The minimum absolute atomic E-state index is 0.207. The van der Waals surface area contributed by atoms with E-state index in [4.69, 9.17) is 32.7 Å². The number of hydrogen-bond acceptors (Lipinski definition) is 5. The minimum atomic E-state index is -0.842. The third-order valence-corrected chi connectivity index (χ3v) is 6.89. The summed E-state index contributed by atoms with van der Waals surface area (Å²) in [6.07, 6.45) is 1.42. The molecule has 1 N–H and O–H groups in total. The van der Waals surface area contributed by atoms with Crippen molar-refractivity contribution in [1.82, 2.24) is 5.32 Å². The molecule has 0 aromatic heterocycles. The normalized spacial score (nSPS) is 14.7. The zero-order valence-corrected chi connectivity index (χ0v) is 23.5. The van der Waals surface area contributed by atoms with Gasteiger partial charge in [-0.1, -0.05) is 47.5 Å². The molecule has 1 saturated heterocycles. The van der Waals surface area contributed by atoms with E-state index < -0.39 is 17.8 Å². The predicted octanol–water partition coefficient (Wildman–Crippen LogP) is 6.55. The van der Waals surface area contributed by atoms with Crippen LogP contribution < -0.4 is 19.7 Å². The Morgan fingerprint density at radius 1 is 1.03 bits per heavy atom. The van der Waals surface area contributed by atoms with Crippen molar-refractivity contribution in [3.05, 3.63) is 90.5 Å². The highest BCUT2D eigenvalue weighted by molar-refractivity contribution is 14.1. The summed E-state index contributed by atoms with van der Waals surface area (Å²) in [4.78, 5) is 39.5. The summed E-state index contributed by atoms with van der Waals surface area (Å²) in [7, 11) is 0. The Morgan fingerprint density at radius 3 is 2.51 bits per heavy atom. The molecule has 1 fully saturated rings. The number of halogens is 3. The van der Waals surface area contributed by atoms with E-state index in [1.54, 1.807) is 37.3 Å². The first-order valence-corrected chi connectivity index (χ1v) is 13.0. The number of aryl methyl sites for hydroxylation is 1. The topological polar surface area (TPSA) is 84.9 Å². The van der Waals surface area contributed by atoms with Gasteiger partial charge >= 0.3 is 6.03 Å². The van der Waals surface area contributed by atoms with Crippen LogP contribution in [0.4, 0.5) is 10.5 Å². The van der Waals surface area contributed by atoms with E-state index in [-0.39, 0.29) is 12.2 Å². The molecule has 4 amide bonds. The monoisotopic (exact) mass is 650 g/mol. The van der Waals surface area contributed by atoms with Crippen molar-refractivity contribution < 1.29 is 23.9 Å². The van der Waals surface area contributed by atoms with Crippen molar-refractivity contribution in [3.63, 3.8) is 0 Å². The minimum Gasteiger partial charge on any atom is -0.490 e. The molecule has 3 aromatic carbocycles. The maximum absolute atomic E-state index is 13.3. The zero-order valence-electron chi connectivity index (χ0n) is 19.8. The Kier molecular flexibility index (Phi) is 8.41. The highest BCUT2D eigenvalue weighted by atomic mass is 127. The largest absolute Gasteiger partial charge is 0.490 e. The lowest BCUT2D eigenvalue weighted by Gasteiger charge is -2.27. The zero-order chi connectivity index (χ0) is 26.7. The van der Waals surface area contributed by atoms with E-state index in [1.165, 1.54) is 12.1 Å². The number of imide groups is 2. The Morgan fingerprint density at radius 2 is 1.78 bits per heavy atom. The first-order chi connectivity index (χ1) is 17.7. The molecule has 4 rings (SSSR count). The molecular weight excluding hydrogens is 630 g/mol. The van der Waals surface area contributed by atoms with Crippen molar-refractivity contribution in [1.29, 1.82) is 0 Å². The molecule has 190 valence electrons. The number of hydrogen-bond donors (Lipinski definition) is 1. The second kappa shape index (κ2) is 11.5. The van der Waals surface area contributed by atoms with Crippen molar-refractivity contribution in [3.8, 4) is 11.5 Å². The molecule has 1 aliphatic heterocycles. The van der Waals surface area contributed by atoms with E-state index in [0.717, 1.165) is 10.5 Å². The second-order valence-corrected chi connectivity index (χ2v) is 10.0. The van der Waals surface area contributed by atoms with Gasteiger partial charge in [0.2, 0.25) is 0 Å². The van der Waals surface area contributed by atoms with Crippen LogP contribution in [0.1, 0.15) is 23.6 Å². The Labute approximate surface area is 237 Å². The number of nitrogens with zero attached hydrogens (tertiary/aromatic N) is 1. The molecule has 3 aromatic rings. The number of benzene rings is 3. The Bertz CT molecular complexity index is 1440. The van der Waals surface area contributed by atoms with Crippen LogP contribution in [0.2, 0.25) is 10.0 Å². The average molecular weight is 651 g/mol. The molecule has 1 heterocycles. The molecule has 0 bridgehead atoms. The van der Waals surface area contributed by atoms with Crippen LogP contribution in [0.5, 0.6) is 11.5 Å². The summed E-state index contributed by atoms with van der Waals surface area (Å²) in [5, 5.41) is 3.17. The number of amides is 4. The SMILES string of the molecule is CCOc1cc(/C=C2\C(=O)NC(=O)N(c3cc(Cl)ccc3C)C2=O)cc(I)c1OCc1ccccc1Cl. The van der Waals surface area contributed by atoms with Crippen molar-refractivity contribution in [2.45, 2.75) is 20.5 Å². The van der Waals surface area contributed by atoms with Crippen LogP contribution in [0.25, 0.3) is 6.08 Å². The number of ether oxygens (including phenoxy) is 2. The van der Waals surface area contributed by atoms with Gasteiger partial charge in [0.05, 0.1) is 15.9 Å². The van der Waals surface area contributed by atoms with Gasteiger partial charge in [0.15, 0.2) is 11.5 Å². The number of barbiturate groups is 1. The highest BCUT2D eigenvalue weighted by Crippen LogP contribution is 2.36. The van der Waals surface area contributed by atoms with Crippen molar-refractivity contribution in [2.75, 3.05) is 11.5 Å². The summed E-state index contributed by atoms with van der Waals surface area (Å²) in [6, 6.07) is 14.8. The molecular formula is C27H21Cl2IN2O5. The summed E-state index contributed by atoms with van der Waals surface area (Å²) >= 11 is 14.4. The number of anilines is 1. The van der Waals surface area contributed by atoms with Gasteiger partial charge in [-0.3, -0.25) is 14.9 Å². The molecule has 10 heteroatoms. The van der Waals surface area contributed by atoms with Crippen molar-refractivity contribution >= 4 is 75.4 Å². The Hall–Kier alpha value is -3.08. The first-order valence-electron chi connectivity index (χ1n) is 11.2. The van der Waals surface area contributed by atoms with Crippen LogP contribution >= 0.6 is 45.8 Å². The molecule has 0 aliphatic carbocycles. The first kappa shape index (κ1) is 27.0. The fourth-order valence-corrected chi connectivity index (χ4v) is 4.84. The lowest BCUT2D eigenvalue weighted by atomic mass is 10.1. The lowest BCUT2D eigenvalue weighted by molar-refractivity contribution is -0.122. The smallest absolute Gasteiger partial charge is 0.335 e. The molecule has 7 nitrogen and oxygen atoms in total. The van der Waals surface area contributed by atoms with E-state index >= 15 is 0 Å². The molecule has 1 aliphatic rings. The second-order valence-electron chi connectivity index (χ2n) is 8.03. The van der Waals surface area contributed by atoms with Gasteiger partial charge in [-0.15, -0.1) is 0 Å². The standard InChI is InChI=1S/C27H21Cl2IN2O5/c1-3-36-23-12-16(11-21(30)24(23)37-14-17-6-4-5-7-20(17)29)10-19-25(33)31-27(35)32(26(19)34)22-13-18(28)9-8-15(22)2/h4-13H,3,14H2,1-2H3,(H,31,33,35)/b19-10+. The van der Waals surface area contributed by atoms with Gasteiger partial charge in [0.25, 0.3) is 11.8 Å². The quantitative estimate of drug-likeness (QED) is 0.178. The highest BCUT2D eigenvalue weighted by Gasteiger charge is 2.37. The van der Waals surface area contributed by atoms with Crippen LogP contribution in [-0.2, 0) is 16.2 Å². The summed E-state index contributed by atoms with van der Waals surface area (Å²) in [5.41, 5.74) is 2.07. The predicted molar refractivity (Wildman–Crippen MR) is 151 cm³/mol. The van der Waals surface area contributed by atoms with E-state index in [0.29, 0.717) is 48.5 Å². The maximum atomic E-state index is 13.3. The number of carbonyl (C=O) groups is 3. The van der Waals surface area contributed by atoms with E-state index in [9.17, 15) is 14.4 Å². The van der Waals surface area contributed by atoms with Gasteiger partial charge in [-0.25, -0.2) is 9.69 Å². The summed E-state index contributed by atoms with van der Waals surface area (Å²) in [6.45, 7) is 4.18. The third-order valence-electron chi connectivity index (χ3n) is 5.49. The van der Waals surface area contributed by atoms with Crippen LogP contribution in [0, 0.1) is 10.5 Å². The van der Waals surface area contributed by atoms with Gasteiger partial charge in [0, 0.05) is 15.6 Å². The van der Waals surface area contributed by atoms with Gasteiger partial charge in [-0.2, -0.15) is 0 Å². The van der Waals surface area contributed by atoms with Gasteiger partial charge in [0.1, 0.15) is 12.2 Å². The molecule has 0 unspecified atom stereocenters. The molecule has 0 saturated carbocycles. The summed E-state index contributed by atoms with van der Waals surface area (Å²) < 4.78 is 12.5. The molecule has 0 spiro atoms. The third kappa shape index (κ3) is 5.92. The number of rotatable bonds is 7. The van der Waals surface area contributed by atoms with E-state index in [2.05, 4.69) is 27.9 Å². The number of carbonyl (C=O) groups excluding carboxylic acids is 3. The van der Waals surface area contributed by atoms with E-state index in [1.807, 2.05) is 25.1 Å². The fraction of sp³-hybridized carbons (Fsp3) is 0.148. The van der Waals surface area contributed by atoms with Crippen LogP contribution in [0.15, 0.2) is 60.2 Å². The maximum Gasteiger partial charge on any atom is 0.335 e. The van der Waals surface area contributed by atoms with Gasteiger partial charge < -0.3 is 9.47 Å². The van der Waals surface area contributed by atoms with Gasteiger partial charge in [-0.05, 0) is 84.0 Å². The average Bonchev–Trinajstić information content (AvgIpc) is 2.84. The molecule has 37 heavy (non-hydrogen) atoms. The van der Waals surface area contributed by atoms with Crippen molar-refractivity contribution in [2.24, 2.45) is 0 Å². The number of nitrogens with one attached hydrogen (secondary N) is 1. The molecule has 0 radical (unpaired) electrons. The van der Waals surface area contributed by atoms with Crippen LogP contribution in [0.3, 0.4) is 0 Å². The number of urea groups is 1.